The molecule has 0 heterocycles. The van der Waals surface area contributed by atoms with Crippen molar-refractivity contribution < 1.29 is 9.53 Å². The van der Waals surface area contributed by atoms with Crippen LogP contribution in [0.4, 0.5) is 5.69 Å². The lowest BCUT2D eigenvalue weighted by atomic mass is 9.99. The quantitative estimate of drug-likeness (QED) is 0.306. The first-order valence-corrected chi connectivity index (χ1v) is 7.62. The van der Waals surface area contributed by atoms with E-state index in [4.69, 9.17) is 21.9 Å². The zero-order chi connectivity index (χ0) is 16.7. The Morgan fingerprint density at radius 1 is 1.30 bits per heavy atom. The number of carbonyl (C=O) groups is 1. The fourth-order valence-corrected chi connectivity index (χ4v) is 2.31. The number of carbonyl (C=O) groups excluding carboxylic acids is 1. The van der Waals surface area contributed by atoms with Gasteiger partial charge in [-0.05, 0) is 47.7 Å². The fourth-order valence-electron chi connectivity index (χ4n) is 2.16. The topological polar surface area (TPSA) is 75.1 Å². The smallest absolute Gasteiger partial charge is 0.338 e. The van der Waals surface area contributed by atoms with Crippen LogP contribution in [0.25, 0.3) is 10.4 Å². The molecule has 0 aliphatic heterocycles. The molecule has 0 aliphatic carbocycles. The van der Waals surface area contributed by atoms with Crippen molar-refractivity contribution in [3.63, 3.8) is 0 Å². The van der Waals surface area contributed by atoms with Gasteiger partial charge in [0.25, 0.3) is 0 Å². The Hall–Kier alpha value is -2.49. The summed E-state index contributed by atoms with van der Waals surface area (Å²) in [7, 11) is 0. The van der Waals surface area contributed by atoms with Crippen molar-refractivity contribution in [1.82, 2.24) is 0 Å². The third-order valence-corrected chi connectivity index (χ3v) is 3.55. The van der Waals surface area contributed by atoms with E-state index in [1.807, 2.05) is 25.1 Å². The van der Waals surface area contributed by atoms with E-state index in [1.54, 1.807) is 24.3 Å². The molecule has 2 aromatic rings. The van der Waals surface area contributed by atoms with Crippen LogP contribution < -0.4 is 0 Å². The van der Waals surface area contributed by atoms with Gasteiger partial charge in [0.2, 0.25) is 0 Å². The summed E-state index contributed by atoms with van der Waals surface area (Å²) in [5, 5.41) is 3.95. The molecule has 0 aromatic heterocycles. The summed E-state index contributed by atoms with van der Waals surface area (Å²) in [5.74, 6) is -0.327. The molecular weight excluding hydrogens is 314 g/mol. The molecule has 0 fully saturated rings. The minimum absolute atomic E-state index is 0.327. The molecule has 6 heteroatoms. The molecule has 2 rings (SSSR count). The number of hydrogen-bond donors (Lipinski definition) is 0. The van der Waals surface area contributed by atoms with Crippen LogP contribution in [0.3, 0.4) is 0 Å². The summed E-state index contributed by atoms with van der Waals surface area (Å²) < 4.78 is 5.21. The molecule has 2 aromatic carbocycles. The maximum Gasteiger partial charge on any atom is 0.338 e. The first-order valence-electron chi connectivity index (χ1n) is 7.24. The maximum atomic E-state index is 12.1. The number of esters is 1. The van der Waals surface area contributed by atoms with Gasteiger partial charge in [0.05, 0.1) is 22.9 Å². The number of ether oxygens (including phenoxy) is 1. The van der Waals surface area contributed by atoms with Crippen LogP contribution in [-0.2, 0) is 11.2 Å². The minimum Gasteiger partial charge on any atom is -0.462 e. The SMILES string of the molecule is CCCOC(=O)c1ccccc1Cc1ccc(Cl)c(N=[N+]=[N-])c1. The zero-order valence-corrected chi connectivity index (χ0v) is 13.5. The van der Waals surface area contributed by atoms with Crippen molar-refractivity contribution in [3.8, 4) is 0 Å². The molecule has 5 nitrogen and oxygen atoms in total. The Balaban J connectivity index is 2.28. The number of nitrogens with zero attached hydrogens (tertiary/aromatic N) is 3. The lowest BCUT2D eigenvalue weighted by Crippen LogP contribution is -2.09. The van der Waals surface area contributed by atoms with E-state index in [1.165, 1.54) is 0 Å². The van der Waals surface area contributed by atoms with E-state index < -0.39 is 0 Å². The predicted octanol–water partition coefficient (Wildman–Crippen LogP) is 5.44. The van der Waals surface area contributed by atoms with Gasteiger partial charge in [0, 0.05) is 4.91 Å². The third-order valence-electron chi connectivity index (χ3n) is 3.23. The van der Waals surface area contributed by atoms with Crippen LogP contribution >= 0.6 is 11.6 Å². The van der Waals surface area contributed by atoms with Crippen molar-refractivity contribution >= 4 is 23.3 Å². The van der Waals surface area contributed by atoms with Gasteiger partial charge in [0.15, 0.2) is 0 Å². The summed E-state index contributed by atoms with van der Waals surface area (Å²) in [6.45, 7) is 2.35. The van der Waals surface area contributed by atoms with Crippen molar-refractivity contribution in [1.29, 1.82) is 0 Å². The van der Waals surface area contributed by atoms with Crippen molar-refractivity contribution in [2.75, 3.05) is 6.61 Å². The monoisotopic (exact) mass is 329 g/mol. The van der Waals surface area contributed by atoms with Gasteiger partial charge >= 0.3 is 5.97 Å². The van der Waals surface area contributed by atoms with Crippen LogP contribution in [0.2, 0.25) is 5.02 Å². The lowest BCUT2D eigenvalue weighted by Gasteiger charge is -2.10. The summed E-state index contributed by atoms with van der Waals surface area (Å²) in [6.07, 6.45) is 1.29. The van der Waals surface area contributed by atoms with E-state index >= 15 is 0 Å². The van der Waals surface area contributed by atoms with Crippen molar-refractivity contribution in [2.45, 2.75) is 19.8 Å². The van der Waals surface area contributed by atoms with Crippen molar-refractivity contribution in [3.05, 3.63) is 74.6 Å². The molecule has 0 radical (unpaired) electrons. The number of hydrogen-bond acceptors (Lipinski definition) is 3. The Morgan fingerprint density at radius 3 is 2.83 bits per heavy atom. The summed E-state index contributed by atoms with van der Waals surface area (Å²) in [5.41, 5.74) is 11.2. The highest BCUT2D eigenvalue weighted by Crippen LogP contribution is 2.27. The first kappa shape index (κ1) is 16.9. The van der Waals surface area contributed by atoms with E-state index in [0.29, 0.717) is 29.3 Å². The molecule has 0 N–H and O–H groups in total. The molecule has 0 saturated heterocycles. The van der Waals surface area contributed by atoms with Gasteiger partial charge in [-0.2, -0.15) is 0 Å². The zero-order valence-electron chi connectivity index (χ0n) is 12.7. The highest BCUT2D eigenvalue weighted by Gasteiger charge is 2.12. The molecule has 0 atom stereocenters. The average Bonchev–Trinajstić information content (AvgIpc) is 2.56. The standard InChI is InChI=1S/C17H16ClN3O2/c1-2-9-23-17(22)14-6-4-3-5-13(14)10-12-7-8-15(18)16(11-12)20-21-19/h3-8,11H,2,9-10H2,1H3. The van der Waals surface area contributed by atoms with E-state index in [2.05, 4.69) is 10.0 Å². The van der Waals surface area contributed by atoms with Crippen LogP contribution in [0, 0.1) is 0 Å². The molecular formula is C17H16ClN3O2. The van der Waals surface area contributed by atoms with E-state index in [-0.39, 0.29) is 5.97 Å². The maximum absolute atomic E-state index is 12.1. The van der Waals surface area contributed by atoms with Gasteiger partial charge < -0.3 is 4.74 Å². The van der Waals surface area contributed by atoms with Crippen LogP contribution in [-0.4, -0.2) is 12.6 Å². The fraction of sp³-hybridized carbons (Fsp3) is 0.235. The highest BCUT2D eigenvalue weighted by molar-refractivity contribution is 6.33. The number of azide groups is 1. The average molecular weight is 330 g/mol. The van der Waals surface area contributed by atoms with Gasteiger partial charge in [-0.1, -0.05) is 47.9 Å². The number of rotatable bonds is 6. The minimum atomic E-state index is -0.327. The summed E-state index contributed by atoms with van der Waals surface area (Å²) in [4.78, 5) is 14.9. The van der Waals surface area contributed by atoms with Crippen LogP contribution in [0.1, 0.15) is 34.8 Å². The second kappa shape index (κ2) is 8.22. The molecule has 0 amide bonds. The van der Waals surface area contributed by atoms with Gasteiger partial charge in [-0.3, -0.25) is 0 Å². The Bertz CT molecular complexity index is 755. The third kappa shape index (κ3) is 4.49. The van der Waals surface area contributed by atoms with Gasteiger partial charge in [0.1, 0.15) is 0 Å². The number of halogens is 1. The lowest BCUT2D eigenvalue weighted by molar-refractivity contribution is 0.0504. The molecule has 0 saturated carbocycles. The Labute approximate surface area is 139 Å². The molecule has 0 unspecified atom stereocenters. The summed E-state index contributed by atoms with van der Waals surface area (Å²) >= 11 is 5.98. The molecule has 0 spiro atoms. The van der Waals surface area contributed by atoms with Crippen LogP contribution in [0.15, 0.2) is 47.6 Å². The second-order valence-electron chi connectivity index (χ2n) is 4.95. The molecule has 118 valence electrons. The second-order valence-corrected chi connectivity index (χ2v) is 5.35. The summed E-state index contributed by atoms with van der Waals surface area (Å²) in [6, 6.07) is 12.5. The molecule has 23 heavy (non-hydrogen) atoms. The Kier molecular flexibility index (Phi) is 6.03. The Morgan fingerprint density at radius 2 is 2.09 bits per heavy atom. The molecule has 0 aliphatic rings. The molecule has 0 bridgehead atoms. The van der Waals surface area contributed by atoms with Gasteiger partial charge in [-0.25, -0.2) is 4.79 Å². The predicted molar refractivity (Wildman–Crippen MR) is 90.1 cm³/mol. The van der Waals surface area contributed by atoms with Crippen molar-refractivity contribution in [2.24, 2.45) is 5.11 Å². The van der Waals surface area contributed by atoms with E-state index in [0.717, 1.165) is 17.5 Å². The normalized spacial score (nSPS) is 10.0. The van der Waals surface area contributed by atoms with E-state index in [9.17, 15) is 4.79 Å². The largest absolute Gasteiger partial charge is 0.462 e. The highest BCUT2D eigenvalue weighted by atomic mass is 35.5. The van der Waals surface area contributed by atoms with Crippen LogP contribution in [0.5, 0.6) is 0 Å². The number of benzene rings is 2. The first-order chi connectivity index (χ1) is 11.2. The van der Waals surface area contributed by atoms with Gasteiger partial charge in [-0.15, -0.1) is 0 Å².